The van der Waals surface area contributed by atoms with E-state index in [1.165, 1.54) is 0 Å². The number of carbonyl (C=O) groups is 2. The number of likely N-dealkylation sites (N-methyl/N-ethyl adjacent to an activating group) is 1. The van der Waals surface area contributed by atoms with E-state index in [0.29, 0.717) is 63.8 Å². The van der Waals surface area contributed by atoms with Gasteiger partial charge in [0.25, 0.3) is 5.91 Å². The molecule has 1 atom stereocenters. The summed E-state index contributed by atoms with van der Waals surface area (Å²) in [5.74, 6) is 0.0493. The highest BCUT2D eigenvalue weighted by molar-refractivity contribution is 6.06. The average Bonchev–Trinajstić information content (AvgIpc) is 2.78. The minimum absolute atomic E-state index is 0.0190. The molecule has 0 aliphatic carbocycles. The SMILES string of the molecule is CN(C)CC(=O)N1CCO[C@@H](c2cc(C(=O)N3CCOCC3)c3ccccc3n2)C1. The quantitative estimate of drug-likeness (QED) is 0.751. The highest BCUT2D eigenvalue weighted by atomic mass is 16.5. The number of morpholine rings is 2. The number of fused-ring (bicyclic) bond motifs is 1. The van der Waals surface area contributed by atoms with Crippen LogP contribution in [-0.4, -0.2) is 98.1 Å². The summed E-state index contributed by atoms with van der Waals surface area (Å²) in [6.07, 6.45) is -0.356. The van der Waals surface area contributed by atoms with Gasteiger partial charge in [0.05, 0.1) is 49.7 Å². The summed E-state index contributed by atoms with van der Waals surface area (Å²) in [6.45, 7) is 4.07. The Morgan fingerprint density at radius 1 is 1.10 bits per heavy atom. The number of rotatable bonds is 4. The average molecular weight is 412 g/mol. The largest absolute Gasteiger partial charge is 0.378 e. The van der Waals surface area contributed by atoms with Gasteiger partial charge in [-0.3, -0.25) is 9.59 Å². The molecule has 2 aliphatic heterocycles. The molecular weight excluding hydrogens is 384 g/mol. The van der Waals surface area contributed by atoms with Crippen molar-refractivity contribution < 1.29 is 19.1 Å². The zero-order chi connectivity index (χ0) is 21.1. The summed E-state index contributed by atoms with van der Waals surface area (Å²) in [7, 11) is 3.76. The van der Waals surface area contributed by atoms with E-state index in [0.717, 1.165) is 10.9 Å². The lowest BCUT2D eigenvalue weighted by molar-refractivity contribution is -0.139. The van der Waals surface area contributed by atoms with Crippen molar-refractivity contribution >= 4 is 22.7 Å². The highest BCUT2D eigenvalue weighted by Gasteiger charge is 2.29. The monoisotopic (exact) mass is 412 g/mol. The second kappa shape index (κ2) is 9.07. The predicted octanol–water partition coefficient (Wildman–Crippen LogP) is 1.17. The number of carbonyl (C=O) groups excluding carboxylic acids is 2. The van der Waals surface area contributed by atoms with Crippen LogP contribution < -0.4 is 0 Å². The van der Waals surface area contributed by atoms with Gasteiger partial charge in [-0.2, -0.15) is 0 Å². The molecule has 3 heterocycles. The third-order valence-electron chi connectivity index (χ3n) is 5.47. The molecule has 0 spiro atoms. The fourth-order valence-corrected chi connectivity index (χ4v) is 3.90. The maximum absolute atomic E-state index is 13.3. The van der Waals surface area contributed by atoms with E-state index >= 15 is 0 Å². The molecule has 4 rings (SSSR count). The number of pyridine rings is 1. The third-order valence-corrected chi connectivity index (χ3v) is 5.47. The van der Waals surface area contributed by atoms with Gasteiger partial charge in [-0.05, 0) is 26.2 Å². The Bertz CT molecular complexity index is 926. The van der Waals surface area contributed by atoms with Crippen LogP contribution in [-0.2, 0) is 14.3 Å². The smallest absolute Gasteiger partial charge is 0.254 e. The number of benzene rings is 1. The van der Waals surface area contributed by atoms with E-state index in [1.54, 1.807) is 0 Å². The second-order valence-corrected chi connectivity index (χ2v) is 7.95. The van der Waals surface area contributed by atoms with Crippen LogP contribution >= 0.6 is 0 Å². The summed E-state index contributed by atoms with van der Waals surface area (Å²) >= 11 is 0. The van der Waals surface area contributed by atoms with Crippen molar-refractivity contribution in [1.29, 1.82) is 0 Å². The number of hydrogen-bond donors (Lipinski definition) is 0. The van der Waals surface area contributed by atoms with Crippen molar-refractivity contribution in [3.8, 4) is 0 Å². The van der Waals surface area contributed by atoms with Crippen molar-refractivity contribution in [3.63, 3.8) is 0 Å². The number of ether oxygens (including phenoxy) is 2. The Labute approximate surface area is 176 Å². The maximum Gasteiger partial charge on any atom is 0.254 e. The molecule has 0 saturated carbocycles. The minimum Gasteiger partial charge on any atom is -0.378 e. The lowest BCUT2D eigenvalue weighted by Gasteiger charge is -2.33. The Kier molecular flexibility index (Phi) is 6.26. The molecule has 0 unspecified atom stereocenters. The first-order valence-corrected chi connectivity index (χ1v) is 10.3. The molecular formula is C22H28N4O4. The summed E-state index contributed by atoms with van der Waals surface area (Å²) in [5.41, 5.74) is 2.07. The van der Waals surface area contributed by atoms with E-state index in [9.17, 15) is 9.59 Å². The van der Waals surface area contributed by atoms with Crippen molar-refractivity contribution in [2.45, 2.75) is 6.10 Å². The van der Waals surface area contributed by atoms with E-state index in [2.05, 4.69) is 0 Å². The molecule has 8 nitrogen and oxygen atoms in total. The van der Waals surface area contributed by atoms with Gasteiger partial charge in [0.15, 0.2) is 0 Å². The Balaban J connectivity index is 1.64. The second-order valence-electron chi connectivity index (χ2n) is 7.95. The molecule has 160 valence electrons. The van der Waals surface area contributed by atoms with Gasteiger partial charge in [-0.25, -0.2) is 4.98 Å². The zero-order valence-corrected chi connectivity index (χ0v) is 17.5. The summed E-state index contributed by atoms with van der Waals surface area (Å²) in [4.78, 5) is 36.1. The fourth-order valence-electron chi connectivity index (χ4n) is 3.90. The molecule has 2 aliphatic rings. The Morgan fingerprint density at radius 2 is 1.83 bits per heavy atom. The highest BCUT2D eigenvalue weighted by Crippen LogP contribution is 2.27. The van der Waals surface area contributed by atoms with Crippen LogP contribution in [0.1, 0.15) is 22.2 Å². The molecule has 8 heteroatoms. The molecule has 2 saturated heterocycles. The zero-order valence-electron chi connectivity index (χ0n) is 17.5. The van der Waals surface area contributed by atoms with Crippen LogP contribution in [0, 0.1) is 0 Å². The third kappa shape index (κ3) is 4.45. The van der Waals surface area contributed by atoms with Gasteiger partial charge >= 0.3 is 0 Å². The summed E-state index contributed by atoms with van der Waals surface area (Å²) in [6, 6.07) is 9.50. The maximum atomic E-state index is 13.3. The molecule has 2 amide bonds. The molecule has 1 aromatic carbocycles. The standard InChI is InChI=1S/C22H28N4O4/c1-24(2)15-21(27)26-9-12-30-20(14-26)19-13-17(16-5-3-4-6-18(16)23-19)22(28)25-7-10-29-11-8-25/h3-6,13,20H,7-12,14-15H2,1-2H3/t20-/m1/s1. The molecule has 0 radical (unpaired) electrons. The van der Waals surface area contributed by atoms with E-state index in [1.807, 2.05) is 59.1 Å². The first-order valence-electron chi connectivity index (χ1n) is 10.3. The van der Waals surface area contributed by atoms with Crippen LogP contribution in [0.25, 0.3) is 10.9 Å². The van der Waals surface area contributed by atoms with Crippen LogP contribution in [0.15, 0.2) is 30.3 Å². The van der Waals surface area contributed by atoms with Crippen LogP contribution in [0.3, 0.4) is 0 Å². The van der Waals surface area contributed by atoms with Gasteiger partial charge in [0.2, 0.25) is 5.91 Å². The Hall–Kier alpha value is -2.55. The number of amides is 2. The fraction of sp³-hybridized carbons (Fsp3) is 0.500. The van der Waals surface area contributed by atoms with Gasteiger partial charge in [0, 0.05) is 25.0 Å². The van der Waals surface area contributed by atoms with E-state index in [-0.39, 0.29) is 17.9 Å². The predicted molar refractivity (Wildman–Crippen MR) is 112 cm³/mol. The number of aromatic nitrogens is 1. The van der Waals surface area contributed by atoms with Crippen LogP contribution in [0.2, 0.25) is 0 Å². The normalized spacial score (nSPS) is 20.0. The lowest BCUT2D eigenvalue weighted by atomic mass is 10.0. The summed E-state index contributed by atoms with van der Waals surface area (Å²) in [5, 5.41) is 0.828. The van der Waals surface area contributed by atoms with Crippen molar-refractivity contribution in [2.24, 2.45) is 0 Å². The molecule has 2 fully saturated rings. The summed E-state index contributed by atoms with van der Waals surface area (Å²) < 4.78 is 11.4. The van der Waals surface area contributed by atoms with Gasteiger partial charge in [-0.15, -0.1) is 0 Å². The lowest BCUT2D eigenvalue weighted by Crippen LogP contribution is -2.45. The first-order chi connectivity index (χ1) is 14.5. The van der Waals surface area contributed by atoms with Crippen LogP contribution in [0.5, 0.6) is 0 Å². The van der Waals surface area contributed by atoms with E-state index < -0.39 is 0 Å². The molecule has 30 heavy (non-hydrogen) atoms. The van der Waals surface area contributed by atoms with Crippen LogP contribution in [0.4, 0.5) is 0 Å². The van der Waals surface area contributed by atoms with Crippen molar-refractivity contribution in [3.05, 3.63) is 41.6 Å². The van der Waals surface area contributed by atoms with E-state index in [4.69, 9.17) is 14.5 Å². The van der Waals surface area contributed by atoms with Crippen molar-refractivity contribution in [1.82, 2.24) is 19.7 Å². The minimum atomic E-state index is -0.356. The number of nitrogens with zero attached hydrogens (tertiary/aromatic N) is 4. The number of para-hydroxylation sites is 1. The number of hydrogen-bond acceptors (Lipinski definition) is 6. The van der Waals surface area contributed by atoms with Crippen molar-refractivity contribution in [2.75, 3.05) is 66.6 Å². The first kappa shape index (κ1) is 20.7. The molecule has 0 N–H and O–H groups in total. The topological polar surface area (TPSA) is 75.2 Å². The molecule has 0 bridgehead atoms. The molecule has 2 aromatic rings. The van der Waals surface area contributed by atoms with Gasteiger partial charge in [-0.1, -0.05) is 18.2 Å². The Morgan fingerprint density at radius 3 is 2.60 bits per heavy atom. The molecule has 1 aromatic heterocycles. The van der Waals surface area contributed by atoms with Gasteiger partial charge < -0.3 is 24.2 Å². The van der Waals surface area contributed by atoms with Gasteiger partial charge in [0.1, 0.15) is 6.10 Å².